The molecule has 1 heterocycles. The smallest absolute Gasteiger partial charge is 0.0817 e. The maximum atomic E-state index is 6.15. The normalized spacial score (nSPS) is 13.3. The van der Waals surface area contributed by atoms with E-state index in [1.807, 2.05) is 4.68 Å². The van der Waals surface area contributed by atoms with Gasteiger partial charge in [0.15, 0.2) is 0 Å². The standard InChI is InChI=1S/C12H21Cl2N3/c1-4-10(13)5-6-12-11(14)9-15-17(12)8-7-16(2)3/h9-10H,4-8H2,1-3H3. The molecule has 0 bridgehead atoms. The highest BCUT2D eigenvalue weighted by atomic mass is 35.5. The number of aromatic nitrogens is 2. The predicted octanol–water partition coefficient (Wildman–Crippen LogP) is 3.05. The second kappa shape index (κ2) is 7.24. The Morgan fingerprint density at radius 2 is 2.18 bits per heavy atom. The molecule has 0 aliphatic carbocycles. The summed E-state index contributed by atoms with van der Waals surface area (Å²) in [5.74, 6) is 0. The number of nitrogens with zero attached hydrogens (tertiary/aromatic N) is 3. The van der Waals surface area contributed by atoms with Crippen LogP contribution >= 0.6 is 23.2 Å². The number of halogens is 2. The molecule has 5 heteroatoms. The third-order valence-corrected chi connectivity index (χ3v) is 3.64. The van der Waals surface area contributed by atoms with Crippen LogP contribution in [0, 0.1) is 0 Å². The lowest BCUT2D eigenvalue weighted by Gasteiger charge is -2.13. The van der Waals surface area contributed by atoms with Crippen molar-refractivity contribution in [1.82, 2.24) is 14.7 Å². The summed E-state index contributed by atoms with van der Waals surface area (Å²) in [6.45, 7) is 3.93. The molecular formula is C12H21Cl2N3. The fraction of sp³-hybridized carbons (Fsp3) is 0.750. The molecule has 1 aromatic rings. The zero-order valence-electron chi connectivity index (χ0n) is 10.8. The first-order valence-corrected chi connectivity index (χ1v) is 6.85. The molecule has 1 rings (SSSR count). The number of alkyl halides is 1. The van der Waals surface area contributed by atoms with E-state index in [1.54, 1.807) is 6.20 Å². The molecule has 1 unspecified atom stereocenters. The Bertz CT molecular complexity index is 336. The minimum atomic E-state index is 0.225. The van der Waals surface area contributed by atoms with Crippen LogP contribution in [0.5, 0.6) is 0 Å². The molecule has 0 radical (unpaired) electrons. The summed E-state index contributed by atoms with van der Waals surface area (Å²) in [5.41, 5.74) is 1.10. The third-order valence-electron chi connectivity index (χ3n) is 2.79. The average Bonchev–Trinajstić information content (AvgIpc) is 2.64. The highest BCUT2D eigenvalue weighted by Crippen LogP contribution is 2.19. The third kappa shape index (κ3) is 4.86. The van der Waals surface area contributed by atoms with Crippen molar-refractivity contribution in [3.63, 3.8) is 0 Å². The van der Waals surface area contributed by atoms with Gasteiger partial charge in [-0.3, -0.25) is 4.68 Å². The van der Waals surface area contributed by atoms with E-state index in [2.05, 4.69) is 31.0 Å². The number of likely N-dealkylation sites (N-methyl/N-ethyl adjacent to an activating group) is 1. The monoisotopic (exact) mass is 277 g/mol. The SMILES string of the molecule is CCC(Cl)CCc1c(Cl)cnn1CCN(C)C. The van der Waals surface area contributed by atoms with Crippen molar-refractivity contribution in [3.8, 4) is 0 Å². The summed E-state index contributed by atoms with van der Waals surface area (Å²) in [5, 5.41) is 5.29. The van der Waals surface area contributed by atoms with E-state index in [9.17, 15) is 0 Å². The van der Waals surface area contributed by atoms with Crippen LogP contribution in [0.1, 0.15) is 25.5 Å². The van der Waals surface area contributed by atoms with Crippen LogP contribution in [0.2, 0.25) is 5.02 Å². The summed E-state index contributed by atoms with van der Waals surface area (Å²) in [6, 6.07) is 0. The Labute approximate surface area is 114 Å². The second-order valence-corrected chi connectivity index (χ2v) is 5.53. The van der Waals surface area contributed by atoms with Gasteiger partial charge >= 0.3 is 0 Å². The van der Waals surface area contributed by atoms with Gasteiger partial charge in [-0.1, -0.05) is 18.5 Å². The summed E-state index contributed by atoms with van der Waals surface area (Å²) >= 11 is 12.3. The van der Waals surface area contributed by atoms with Crippen molar-refractivity contribution in [1.29, 1.82) is 0 Å². The number of rotatable bonds is 7. The Morgan fingerprint density at radius 1 is 1.47 bits per heavy atom. The van der Waals surface area contributed by atoms with Gasteiger partial charge in [-0.25, -0.2) is 0 Å². The topological polar surface area (TPSA) is 21.1 Å². The first-order valence-electron chi connectivity index (χ1n) is 6.03. The zero-order valence-corrected chi connectivity index (χ0v) is 12.3. The number of hydrogen-bond acceptors (Lipinski definition) is 2. The van der Waals surface area contributed by atoms with Gasteiger partial charge in [0.2, 0.25) is 0 Å². The van der Waals surface area contributed by atoms with E-state index in [-0.39, 0.29) is 5.38 Å². The van der Waals surface area contributed by atoms with Crippen LogP contribution in [0.15, 0.2) is 6.20 Å². The van der Waals surface area contributed by atoms with Gasteiger partial charge < -0.3 is 4.90 Å². The van der Waals surface area contributed by atoms with Crippen molar-refractivity contribution in [2.45, 2.75) is 38.1 Å². The van der Waals surface area contributed by atoms with E-state index in [1.165, 1.54) is 0 Å². The molecule has 1 aromatic heterocycles. The van der Waals surface area contributed by atoms with Crippen LogP contribution in [-0.2, 0) is 13.0 Å². The molecule has 0 aliphatic rings. The van der Waals surface area contributed by atoms with Crippen LogP contribution in [-0.4, -0.2) is 40.7 Å². The lowest BCUT2D eigenvalue weighted by Crippen LogP contribution is -2.20. The van der Waals surface area contributed by atoms with Crippen molar-refractivity contribution in [2.24, 2.45) is 0 Å². The minimum absolute atomic E-state index is 0.225. The Kier molecular flexibility index (Phi) is 6.31. The van der Waals surface area contributed by atoms with Gasteiger partial charge in [0.25, 0.3) is 0 Å². The first kappa shape index (κ1) is 14.8. The molecule has 1 atom stereocenters. The molecule has 0 fully saturated rings. The highest BCUT2D eigenvalue weighted by Gasteiger charge is 2.11. The van der Waals surface area contributed by atoms with Crippen LogP contribution in [0.4, 0.5) is 0 Å². The summed E-state index contributed by atoms with van der Waals surface area (Å²) in [4.78, 5) is 2.13. The first-order chi connectivity index (χ1) is 8.04. The van der Waals surface area contributed by atoms with Gasteiger partial charge in [-0.2, -0.15) is 5.10 Å². The quantitative estimate of drug-likeness (QED) is 0.715. The van der Waals surface area contributed by atoms with E-state index < -0.39 is 0 Å². The summed E-state index contributed by atoms with van der Waals surface area (Å²) in [7, 11) is 4.10. The van der Waals surface area contributed by atoms with Crippen LogP contribution in [0.25, 0.3) is 0 Å². The maximum Gasteiger partial charge on any atom is 0.0817 e. The zero-order chi connectivity index (χ0) is 12.8. The lowest BCUT2D eigenvalue weighted by atomic mass is 10.1. The Morgan fingerprint density at radius 3 is 2.76 bits per heavy atom. The van der Waals surface area contributed by atoms with Gasteiger partial charge in [0.05, 0.1) is 23.5 Å². The lowest BCUT2D eigenvalue weighted by molar-refractivity contribution is 0.369. The van der Waals surface area contributed by atoms with Crippen molar-refractivity contribution in [2.75, 3.05) is 20.6 Å². The van der Waals surface area contributed by atoms with E-state index in [0.717, 1.165) is 43.1 Å². The largest absolute Gasteiger partial charge is 0.308 e. The fourth-order valence-corrected chi connectivity index (χ4v) is 1.97. The molecule has 3 nitrogen and oxygen atoms in total. The molecule has 0 amide bonds. The number of hydrogen-bond donors (Lipinski definition) is 0. The molecule has 0 spiro atoms. The van der Waals surface area contributed by atoms with Crippen LogP contribution < -0.4 is 0 Å². The highest BCUT2D eigenvalue weighted by molar-refractivity contribution is 6.31. The van der Waals surface area contributed by atoms with Crippen LogP contribution in [0.3, 0.4) is 0 Å². The molecule has 0 N–H and O–H groups in total. The molecular weight excluding hydrogens is 257 g/mol. The van der Waals surface area contributed by atoms with Gasteiger partial charge in [-0.15, -0.1) is 11.6 Å². The average molecular weight is 278 g/mol. The maximum absolute atomic E-state index is 6.15. The van der Waals surface area contributed by atoms with Crippen molar-refractivity contribution < 1.29 is 0 Å². The van der Waals surface area contributed by atoms with Crippen molar-refractivity contribution in [3.05, 3.63) is 16.9 Å². The Hall–Kier alpha value is -0.250. The Balaban J connectivity index is 2.59. The van der Waals surface area contributed by atoms with Gasteiger partial charge in [0.1, 0.15) is 0 Å². The summed E-state index contributed by atoms with van der Waals surface area (Å²) in [6.07, 6.45) is 4.56. The fourth-order valence-electron chi connectivity index (χ4n) is 1.62. The van der Waals surface area contributed by atoms with E-state index >= 15 is 0 Å². The second-order valence-electron chi connectivity index (χ2n) is 4.51. The molecule has 17 heavy (non-hydrogen) atoms. The molecule has 0 aliphatic heterocycles. The predicted molar refractivity (Wildman–Crippen MR) is 74.0 cm³/mol. The molecule has 0 saturated heterocycles. The van der Waals surface area contributed by atoms with E-state index in [0.29, 0.717) is 0 Å². The minimum Gasteiger partial charge on any atom is -0.308 e. The molecule has 98 valence electrons. The summed E-state index contributed by atoms with van der Waals surface area (Å²) < 4.78 is 1.99. The molecule has 0 aromatic carbocycles. The van der Waals surface area contributed by atoms with E-state index in [4.69, 9.17) is 23.2 Å². The van der Waals surface area contributed by atoms with Crippen molar-refractivity contribution >= 4 is 23.2 Å². The van der Waals surface area contributed by atoms with Gasteiger partial charge in [0, 0.05) is 11.9 Å². The molecule has 0 saturated carbocycles. The van der Waals surface area contributed by atoms with Gasteiger partial charge in [-0.05, 0) is 33.4 Å².